The Morgan fingerprint density at radius 1 is 0.314 bits per heavy atom. The van der Waals surface area contributed by atoms with Gasteiger partial charge >= 0.3 is 0 Å². The molecular formula is C78H45N7O. The Hall–Kier alpha value is -11.8. The maximum atomic E-state index is 10.4. The smallest absolute Gasteiger partial charge is 0.134 e. The van der Waals surface area contributed by atoms with Gasteiger partial charge in [-0.2, -0.15) is 5.26 Å². The minimum atomic E-state index is -0.928. The van der Waals surface area contributed by atoms with Crippen LogP contribution in [0.15, 0.2) is 273 Å². The van der Waals surface area contributed by atoms with Crippen molar-refractivity contribution >= 4 is 87.2 Å². The van der Waals surface area contributed by atoms with Crippen LogP contribution in [0, 0.1) is 11.3 Å². The van der Waals surface area contributed by atoms with Crippen molar-refractivity contribution in [1.29, 1.82) is 5.26 Å². The molecule has 8 heteroatoms. The first-order valence-electron chi connectivity index (χ1n) is 29.1. The van der Waals surface area contributed by atoms with Crippen LogP contribution in [0.2, 0.25) is 0 Å². The molecule has 398 valence electrons. The molecule has 1 spiro atoms. The minimum absolute atomic E-state index is 0.606. The Labute approximate surface area is 492 Å². The first kappa shape index (κ1) is 46.8. The van der Waals surface area contributed by atoms with Crippen molar-refractivity contribution in [3.8, 4) is 62.8 Å². The van der Waals surface area contributed by atoms with Crippen LogP contribution in [0.25, 0.3) is 132 Å². The number of hydrogen-bond donors (Lipinski definition) is 0. The number of hydrogen-bond acceptors (Lipinski definition) is 4. The van der Waals surface area contributed by atoms with Crippen LogP contribution in [0.5, 0.6) is 11.5 Å². The van der Waals surface area contributed by atoms with Crippen molar-refractivity contribution in [2.75, 3.05) is 0 Å². The lowest BCUT2D eigenvalue weighted by molar-refractivity contribution is 0.436. The number of para-hydroxylation sites is 6. The summed E-state index contributed by atoms with van der Waals surface area (Å²) in [6, 6.07) is 96.0. The van der Waals surface area contributed by atoms with Crippen LogP contribution in [-0.4, -0.2) is 28.2 Å². The molecule has 17 aromatic rings. The molecule has 0 saturated heterocycles. The van der Waals surface area contributed by atoms with E-state index in [1.165, 1.54) is 32.3 Å². The summed E-state index contributed by atoms with van der Waals surface area (Å²) in [7, 11) is 0. The van der Waals surface area contributed by atoms with Gasteiger partial charge in [0.15, 0.2) is 0 Å². The Morgan fingerprint density at radius 2 is 0.791 bits per heavy atom. The van der Waals surface area contributed by atoms with Gasteiger partial charge in [-0.15, -0.1) is 0 Å². The molecule has 7 heterocycles. The van der Waals surface area contributed by atoms with Gasteiger partial charge in [-0.25, -0.2) is 0 Å². The second kappa shape index (κ2) is 17.4. The zero-order valence-electron chi connectivity index (χ0n) is 46.0. The Kier molecular flexibility index (Phi) is 9.45. The minimum Gasteiger partial charge on any atom is -0.457 e. The van der Waals surface area contributed by atoms with Crippen LogP contribution < -0.4 is 4.74 Å². The fourth-order valence-electron chi connectivity index (χ4n) is 15.0. The molecule has 0 N–H and O–H groups in total. The summed E-state index contributed by atoms with van der Waals surface area (Å²) in [6.07, 6.45) is 3.90. The monoisotopic (exact) mass is 1100 g/mol. The molecule has 1 unspecified atom stereocenters. The molecule has 11 aromatic carbocycles. The summed E-state index contributed by atoms with van der Waals surface area (Å²) in [5.41, 5.74) is 20.4. The molecule has 0 radical (unpaired) electrons. The molecule has 0 fully saturated rings. The van der Waals surface area contributed by atoms with E-state index in [0.29, 0.717) is 5.56 Å². The first-order valence-corrected chi connectivity index (χ1v) is 29.1. The molecule has 0 amide bonds. The number of aromatic nitrogens is 6. The van der Waals surface area contributed by atoms with E-state index in [2.05, 4.69) is 273 Å². The number of rotatable bonds is 5. The van der Waals surface area contributed by atoms with Gasteiger partial charge in [0.05, 0.1) is 84.5 Å². The van der Waals surface area contributed by atoms with Crippen molar-refractivity contribution in [2.24, 2.45) is 0 Å². The van der Waals surface area contributed by atoms with Crippen molar-refractivity contribution in [3.63, 3.8) is 0 Å². The SMILES string of the molecule is N#Cc1ccc2c(c1)c1cc(-c3ccc4c(c3)C3(c5ccc(-n6c7ccccc7c7ccccc76)cc5O4)c4cccnc4-c4ncc(-n5c6ccccc6c6ccccc65)cc43)ccc1n2-c1cccc(-n2c3ccccc3c3ccccc32)c1. The summed E-state index contributed by atoms with van der Waals surface area (Å²) < 4.78 is 16.8. The third-order valence-electron chi connectivity index (χ3n) is 18.5. The van der Waals surface area contributed by atoms with Crippen molar-refractivity contribution in [3.05, 3.63) is 301 Å². The van der Waals surface area contributed by atoms with Gasteiger partial charge in [-0.05, 0) is 132 Å². The Bertz CT molecular complexity index is 5710. The van der Waals surface area contributed by atoms with Gasteiger partial charge in [-0.1, -0.05) is 140 Å². The lowest BCUT2D eigenvalue weighted by Gasteiger charge is -2.39. The number of pyridine rings is 2. The van der Waals surface area contributed by atoms with Crippen LogP contribution >= 0.6 is 0 Å². The van der Waals surface area contributed by atoms with Crippen LogP contribution in [0.1, 0.15) is 27.8 Å². The fraction of sp³-hybridized carbons (Fsp3) is 0.0128. The Balaban J connectivity index is 0.835. The predicted octanol–water partition coefficient (Wildman–Crippen LogP) is 18.9. The normalized spacial score (nSPS) is 14.2. The highest BCUT2D eigenvalue weighted by Gasteiger charge is 2.53. The van der Waals surface area contributed by atoms with Gasteiger partial charge < -0.3 is 23.0 Å². The maximum Gasteiger partial charge on any atom is 0.134 e. The molecular weight excluding hydrogens is 1050 g/mol. The molecule has 8 nitrogen and oxygen atoms in total. The van der Waals surface area contributed by atoms with E-state index in [4.69, 9.17) is 14.7 Å². The standard InChI is InChI=1S/C78H45N7O/c79-45-47-30-35-72-60(39-47)61-40-48(31-36-73(61)83(72)51-16-13-15-50(42-51)82-66-24-7-1-17-54(66)55-18-2-8-25-67(55)82)49-32-37-74-64(41-49)78(62-34-33-52(44-75(62)86-74)84-68-26-9-3-19-56(68)57-20-4-10-27-69(57)84)63-23-14-38-80-76(63)77-65(78)43-53(46-81-77)85-70-28-11-5-21-58(70)59-22-6-12-29-71(59)85/h1-44,46H. The zero-order valence-corrected chi connectivity index (χ0v) is 46.0. The van der Waals surface area contributed by atoms with Crippen LogP contribution in [0.4, 0.5) is 0 Å². The molecule has 86 heavy (non-hydrogen) atoms. The molecule has 19 rings (SSSR count). The van der Waals surface area contributed by atoms with E-state index in [0.717, 1.165) is 134 Å². The largest absolute Gasteiger partial charge is 0.457 e. The average Bonchev–Trinajstić information content (AvgIpc) is 1.50. The van der Waals surface area contributed by atoms with E-state index in [9.17, 15) is 5.26 Å². The summed E-state index contributed by atoms with van der Waals surface area (Å²) in [5, 5.41) is 19.6. The second-order valence-electron chi connectivity index (χ2n) is 22.8. The number of ether oxygens (including phenoxy) is 1. The van der Waals surface area contributed by atoms with E-state index in [1.807, 2.05) is 24.5 Å². The number of fused-ring (bicyclic) bond motifs is 21. The average molecular weight is 1100 g/mol. The number of nitriles is 1. The maximum absolute atomic E-state index is 10.4. The summed E-state index contributed by atoms with van der Waals surface area (Å²) in [4.78, 5) is 10.7. The van der Waals surface area contributed by atoms with Gasteiger partial charge in [0.25, 0.3) is 0 Å². The van der Waals surface area contributed by atoms with Gasteiger partial charge in [0.2, 0.25) is 0 Å². The van der Waals surface area contributed by atoms with E-state index in [1.54, 1.807) is 0 Å². The number of nitrogens with zero attached hydrogens (tertiary/aromatic N) is 7. The van der Waals surface area contributed by atoms with Crippen molar-refractivity contribution < 1.29 is 4.74 Å². The van der Waals surface area contributed by atoms with Gasteiger partial charge in [0.1, 0.15) is 11.5 Å². The second-order valence-corrected chi connectivity index (χ2v) is 22.8. The first-order chi connectivity index (χ1) is 42.6. The molecule has 2 aliphatic rings. The Morgan fingerprint density at radius 3 is 1.36 bits per heavy atom. The number of benzene rings is 11. The van der Waals surface area contributed by atoms with Gasteiger partial charge in [-0.3, -0.25) is 9.97 Å². The topological polar surface area (TPSA) is 78.5 Å². The van der Waals surface area contributed by atoms with E-state index >= 15 is 0 Å². The van der Waals surface area contributed by atoms with Crippen LogP contribution in [0.3, 0.4) is 0 Å². The van der Waals surface area contributed by atoms with Gasteiger partial charge in [0, 0.05) is 89.1 Å². The third kappa shape index (κ3) is 6.24. The zero-order chi connectivity index (χ0) is 56.4. The molecule has 0 bridgehead atoms. The predicted molar refractivity (Wildman–Crippen MR) is 347 cm³/mol. The van der Waals surface area contributed by atoms with Crippen LogP contribution in [-0.2, 0) is 5.41 Å². The lowest BCUT2D eigenvalue weighted by Crippen LogP contribution is -2.32. The highest BCUT2D eigenvalue weighted by Crippen LogP contribution is 2.62. The molecule has 6 aromatic heterocycles. The third-order valence-corrected chi connectivity index (χ3v) is 18.5. The summed E-state index contributed by atoms with van der Waals surface area (Å²) in [5.74, 6) is 1.52. The lowest BCUT2D eigenvalue weighted by atomic mass is 9.66. The quantitative estimate of drug-likeness (QED) is 0.172. The van der Waals surface area contributed by atoms with E-state index < -0.39 is 5.41 Å². The molecule has 1 atom stereocenters. The molecule has 0 saturated carbocycles. The summed E-state index contributed by atoms with van der Waals surface area (Å²) in [6.45, 7) is 0. The van der Waals surface area contributed by atoms with E-state index in [-0.39, 0.29) is 0 Å². The highest BCUT2D eigenvalue weighted by atomic mass is 16.5. The van der Waals surface area contributed by atoms with Crippen molar-refractivity contribution in [2.45, 2.75) is 5.41 Å². The molecule has 1 aliphatic heterocycles. The van der Waals surface area contributed by atoms with Crippen molar-refractivity contribution in [1.82, 2.24) is 28.2 Å². The summed E-state index contributed by atoms with van der Waals surface area (Å²) >= 11 is 0. The highest BCUT2D eigenvalue weighted by molar-refractivity contribution is 6.13. The molecule has 1 aliphatic carbocycles. The fourth-order valence-corrected chi connectivity index (χ4v) is 15.0.